The number of rotatable bonds is 2. The summed E-state index contributed by atoms with van der Waals surface area (Å²) in [4.78, 5) is 14.9. The van der Waals surface area contributed by atoms with Crippen LogP contribution in [0.15, 0.2) is 24.3 Å². The molecule has 1 fully saturated rings. The minimum absolute atomic E-state index is 0.223. The lowest BCUT2D eigenvalue weighted by molar-refractivity contribution is -0.138. The van der Waals surface area contributed by atoms with E-state index in [2.05, 4.69) is 13.8 Å². The number of likely N-dealkylation sites (tertiary alicyclic amines) is 1. The van der Waals surface area contributed by atoms with Crippen LogP contribution in [0, 0.1) is 11.8 Å². The summed E-state index contributed by atoms with van der Waals surface area (Å²) < 4.78 is 0. The number of carbonyl (C=O) groups excluding carboxylic acids is 1. The van der Waals surface area contributed by atoms with Crippen LogP contribution in [0.2, 0.25) is 0 Å². The third kappa shape index (κ3) is 2.82. The smallest absolute Gasteiger partial charge is 0.232 e. The van der Waals surface area contributed by atoms with Gasteiger partial charge in [0.2, 0.25) is 5.91 Å². The largest absolute Gasteiger partial charge is 0.399 e. The van der Waals surface area contributed by atoms with Crippen LogP contribution >= 0.6 is 0 Å². The number of anilines is 1. The van der Waals surface area contributed by atoms with E-state index in [1.165, 1.54) is 0 Å². The predicted molar refractivity (Wildman–Crippen MR) is 83.4 cm³/mol. The lowest BCUT2D eigenvalue weighted by atomic mass is 9.81. The van der Waals surface area contributed by atoms with Crippen LogP contribution in [0.3, 0.4) is 0 Å². The van der Waals surface area contributed by atoms with E-state index in [4.69, 9.17) is 5.73 Å². The van der Waals surface area contributed by atoms with E-state index in [9.17, 15) is 4.79 Å². The van der Waals surface area contributed by atoms with Crippen LogP contribution in [0.25, 0.3) is 0 Å². The minimum atomic E-state index is -0.492. The molecule has 3 nitrogen and oxygen atoms in total. The quantitative estimate of drug-likeness (QED) is 0.843. The van der Waals surface area contributed by atoms with Crippen molar-refractivity contribution < 1.29 is 4.79 Å². The standard InChI is InChI=1S/C17H26N2O/c1-12-9-10-19(11-13(12)2)16(20)17(3,4)14-5-7-15(18)8-6-14/h5-8,12-13H,9-11,18H2,1-4H3. The van der Waals surface area contributed by atoms with Gasteiger partial charge in [0.25, 0.3) is 0 Å². The Labute approximate surface area is 122 Å². The average molecular weight is 274 g/mol. The molecule has 1 aliphatic rings. The van der Waals surface area contributed by atoms with Crippen molar-refractivity contribution in [2.45, 2.75) is 39.5 Å². The van der Waals surface area contributed by atoms with E-state index >= 15 is 0 Å². The Kier molecular flexibility index (Phi) is 4.07. The highest BCUT2D eigenvalue weighted by Gasteiger charge is 2.36. The van der Waals surface area contributed by atoms with E-state index in [-0.39, 0.29) is 5.91 Å². The molecule has 1 amide bonds. The highest BCUT2D eigenvalue weighted by Crippen LogP contribution is 2.30. The van der Waals surface area contributed by atoms with Crippen LogP contribution in [-0.4, -0.2) is 23.9 Å². The average Bonchev–Trinajstić information content (AvgIpc) is 2.41. The first-order valence-electron chi connectivity index (χ1n) is 7.47. The van der Waals surface area contributed by atoms with Gasteiger partial charge in [-0.15, -0.1) is 0 Å². The summed E-state index contributed by atoms with van der Waals surface area (Å²) >= 11 is 0. The van der Waals surface area contributed by atoms with Gasteiger partial charge >= 0.3 is 0 Å². The lowest BCUT2D eigenvalue weighted by Gasteiger charge is -2.39. The predicted octanol–water partition coefficient (Wildman–Crippen LogP) is 3.05. The van der Waals surface area contributed by atoms with Gasteiger partial charge in [-0.3, -0.25) is 4.79 Å². The first-order valence-corrected chi connectivity index (χ1v) is 7.47. The molecule has 1 aromatic rings. The molecule has 1 aliphatic heterocycles. The number of nitrogen functional groups attached to an aromatic ring is 1. The van der Waals surface area contributed by atoms with Crippen molar-refractivity contribution >= 4 is 11.6 Å². The molecule has 0 bridgehead atoms. The first-order chi connectivity index (χ1) is 9.32. The monoisotopic (exact) mass is 274 g/mol. The van der Waals surface area contributed by atoms with Crippen LogP contribution < -0.4 is 5.73 Å². The van der Waals surface area contributed by atoms with Crippen molar-refractivity contribution in [1.82, 2.24) is 4.90 Å². The lowest BCUT2D eigenvalue weighted by Crippen LogP contribution is -2.49. The van der Waals surface area contributed by atoms with Gasteiger partial charge < -0.3 is 10.6 Å². The number of nitrogens with two attached hydrogens (primary N) is 1. The SMILES string of the molecule is CC1CCN(C(=O)C(C)(C)c2ccc(N)cc2)CC1C. The fourth-order valence-electron chi connectivity index (χ4n) is 2.87. The molecule has 20 heavy (non-hydrogen) atoms. The Balaban J connectivity index is 2.16. The van der Waals surface area contributed by atoms with E-state index in [1.54, 1.807) is 0 Å². The number of benzene rings is 1. The second-order valence-corrected chi connectivity index (χ2v) is 6.74. The van der Waals surface area contributed by atoms with Gasteiger partial charge in [0, 0.05) is 18.8 Å². The van der Waals surface area contributed by atoms with E-state index in [0.717, 1.165) is 30.8 Å². The fourth-order valence-corrected chi connectivity index (χ4v) is 2.87. The first kappa shape index (κ1) is 14.9. The zero-order valence-corrected chi connectivity index (χ0v) is 13.0. The van der Waals surface area contributed by atoms with Crippen molar-refractivity contribution in [2.24, 2.45) is 11.8 Å². The van der Waals surface area contributed by atoms with Crippen molar-refractivity contribution in [3.63, 3.8) is 0 Å². The number of piperidine rings is 1. The molecule has 0 aliphatic carbocycles. The van der Waals surface area contributed by atoms with Gasteiger partial charge in [-0.05, 0) is 49.8 Å². The molecule has 0 aromatic heterocycles. The van der Waals surface area contributed by atoms with Crippen LogP contribution in [0.5, 0.6) is 0 Å². The zero-order valence-electron chi connectivity index (χ0n) is 13.0. The number of carbonyl (C=O) groups is 1. The Bertz CT molecular complexity index is 478. The number of hydrogen-bond donors (Lipinski definition) is 1. The summed E-state index contributed by atoms with van der Waals surface area (Å²) in [6, 6.07) is 7.66. The maximum absolute atomic E-state index is 12.9. The summed E-state index contributed by atoms with van der Waals surface area (Å²) in [7, 11) is 0. The molecular formula is C17H26N2O. The van der Waals surface area contributed by atoms with Crippen molar-refractivity contribution in [2.75, 3.05) is 18.8 Å². The third-order valence-corrected chi connectivity index (χ3v) is 4.79. The summed E-state index contributed by atoms with van der Waals surface area (Å²) in [5, 5.41) is 0. The molecule has 1 aromatic carbocycles. The van der Waals surface area contributed by atoms with Gasteiger partial charge in [-0.1, -0.05) is 26.0 Å². The number of hydrogen-bond acceptors (Lipinski definition) is 2. The van der Waals surface area contributed by atoms with Crippen LogP contribution in [0.1, 0.15) is 39.7 Å². The number of amides is 1. The molecule has 2 unspecified atom stereocenters. The minimum Gasteiger partial charge on any atom is -0.399 e. The fraction of sp³-hybridized carbons (Fsp3) is 0.588. The summed E-state index contributed by atoms with van der Waals surface area (Å²) in [6.45, 7) is 10.3. The third-order valence-electron chi connectivity index (χ3n) is 4.79. The maximum Gasteiger partial charge on any atom is 0.232 e. The van der Waals surface area contributed by atoms with E-state index < -0.39 is 5.41 Å². The maximum atomic E-state index is 12.9. The highest BCUT2D eigenvalue weighted by molar-refractivity contribution is 5.87. The Morgan fingerprint density at radius 1 is 1.20 bits per heavy atom. The molecule has 1 saturated heterocycles. The molecule has 2 atom stereocenters. The van der Waals surface area contributed by atoms with Crippen molar-refractivity contribution in [3.05, 3.63) is 29.8 Å². The number of nitrogens with zero attached hydrogens (tertiary/aromatic N) is 1. The van der Waals surface area contributed by atoms with Gasteiger partial charge in [0.1, 0.15) is 0 Å². The van der Waals surface area contributed by atoms with Gasteiger partial charge in [-0.2, -0.15) is 0 Å². The molecule has 2 rings (SSSR count). The molecule has 110 valence electrons. The molecule has 1 heterocycles. The molecule has 0 saturated carbocycles. The van der Waals surface area contributed by atoms with Crippen molar-refractivity contribution in [3.8, 4) is 0 Å². The van der Waals surface area contributed by atoms with Gasteiger partial charge in [0.15, 0.2) is 0 Å². The molecule has 0 spiro atoms. The summed E-state index contributed by atoms with van der Waals surface area (Å²) in [5.74, 6) is 1.51. The summed E-state index contributed by atoms with van der Waals surface area (Å²) in [5.41, 5.74) is 7.00. The normalized spacial score (nSPS) is 23.7. The van der Waals surface area contributed by atoms with E-state index in [0.29, 0.717) is 11.8 Å². The molecule has 2 N–H and O–H groups in total. The van der Waals surface area contributed by atoms with E-state index in [1.807, 2.05) is 43.0 Å². The van der Waals surface area contributed by atoms with Gasteiger partial charge in [-0.25, -0.2) is 0 Å². The Hall–Kier alpha value is -1.51. The van der Waals surface area contributed by atoms with Gasteiger partial charge in [0.05, 0.1) is 5.41 Å². The van der Waals surface area contributed by atoms with Crippen LogP contribution in [0.4, 0.5) is 5.69 Å². The Morgan fingerprint density at radius 3 is 2.35 bits per heavy atom. The zero-order chi connectivity index (χ0) is 14.9. The second kappa shape index (κ2) is 5.47. The Morgan fingerprint density at radius 2 is 1.80 bits per heavy atom. The van der Waals surface area contributed by atoms with Crippen LogP contribution in [-0.2, 0) is 10.2 Å². The molecular weight excluding hydrogens is 248 g/mol. The molecule has 3 heteroatoms. The summed E-state index contributed by atoms with van der Waals surface area (Å²) in [6.07, 6.45) is 1.10. The molecule has 0 radical (unpaired) electrons. The highest BCUT2D eigenvalue weighted by atomic mass is 16.2. The topological polar surface area (TPSA) is 46.3 Å². The van der Waals surface area contributed by atoms with Crippen molar-refractivity contribution in [1.29, 1.82) is 0 Å². The second-order valence-electron chi connectivity index (χ2n) is 6.74.